The number of carbonyl (C=O) groups excluding carboxylic acids is 1. The van der Waals surface area contributed by atoms with Crippen LogP contribution < -0.4 is 16.4 Å². The average molecular weight is 274 g/mol. The summed E-state index contributed by atoms with van der Waals surface area (Å²) in [6.45, 7) is 3.86. The summed E-state index contributed by atoms with van der Waals surface area (Å²) in [7, 11) is 0. The van der Waals surface area contributed by atoms with Gasteiger partial charge in [0.15, 0.2) is 5.96 Å². The van der Waals surface area contributed by atoms with E-state index in [-0.39, 0.29) is 24.5 Å². The zero-order chi connectivity index (χ0) is 14.5. The van der Waals surface area contributed by atoms with Gasteiger partial charge in [0.25, 0.3) is 0 Å². The molecule has 0 aliphatic heterocycles. The van der Waals surface area contributed by atoms with Crippen molar-refractivity contribution in [3.05, 3.63) is 29.3 Å². The van der Waals surface area contributed by atoms with Crippen LogP contribution >= 0.6 is 0 Å². The highest BCUT2D eigenvalue weighted by molar-refractivity contribution is 5.94. The van der Waals surface area contributed by atoms with E-state index < -0.39 is 0 Å². The summed E-state index contributed by atoms with van der Waals surface area (Å²) in [5.74, 6) is 0.139. The van der Waals surface area contributed by atoms with Gasteiger partial charge in [0.2, 0.25) is 5.91 Å². The van der Waals surface area contributed by atoms with Crippen molar-refractivity contribution in [3.8, 4) is 0 Å². The van der Waals surface area contributed by atoms with Gasteiger partial charge in [0.1, 0.15) is 6.54 Å². The Morgan fingerprint density at radius 3 is 2.85 bits per heavy atom. The molecule has 0 heterocycles. The van der Waals surface area contributed by atoms with Crippen LogP contribution in [0.4, 0.5) is 5.69 Å². The van der Waals surface area contributed by atoms with Gasteiger partial charge in [-0.2, -0.15) is 0 Å². The molecule has 5 nitrogen and oxygen atoms in total. The van der Waals surface area contributed by atoms with E-state index in [1.54, 1.807) is 0 Å². The molecule has 0 radical (unpaired) electrons. The Labute approximate surface area is 119 Å². The van der Waals surface area contributed by atoms with Crippen molar-refractivity contribution in [3.63, 3.8) is 0 Å². The summed E-state index contributed by atoms with van der Waals surface area (Å²) in [5, 5.41) is 5.79. The predicted molar refractivity (Wildman–Crippen MR) is 81.9 cm³/mol. The summed E-state index contributed by atoms with van der Waals surface area (Å²) in [6.07, 6.45) is 3.50. The Balaban J connectivity index is 1.90. The van der Waals surface area contributed by atoms with Gasteiger partial charge in [0.05, 0.1) is 0 Å². The first kappa shape index (κ1) is 14.4. The molecule has 0 fully saturated rings. The van der Waals surface area contributed by atoms with Crippen LogP contribution in [0.5, 0.6) is 0 Å². The van der Waals surface area contributed by atoms with E-state index in [9.17, 15) is 4.79 Å². The molecule has 4 N–H and O–H groups in total. The predicted octanol–water partition coefficient (Wildman–Crippen LogP) is 1.43. The van der Waals surface area contributed by atoms with Crippen LogP contribution in [0.3, 0.4) is 0 Å². The maximum atomic E-state index is 11.5. The van der Waals surface area contributed by atoms with Crippen molar-refractivity contribution in [1.29, 1.82) is 0 Å². The van der Waals surface area contributed by atoms with Crippen LogP contribution in [0, 0.1) is 0 Å². The molecule has 1 aromatic carbocycles. The number of hydrogen-bond acceptors (Lipinski definition) is 2. The molecule has 0 unspecified atom stereocenters. The fraction of sp³-hybridized carbons (Fsp3) is 0.467. The third-order valence-corrected chi connectivity index (χ3v) is 3.21. The molecule has 2 rings (SSSR count). The normalized spacial score (nSPS) is 14.2. The van der Waals surface area contributed by atoms with Crippen LogP contribution in [0.2, 0.25) is 0 Å². The lowest BCUT2D eigenvalue weighted by Gasteiger charge is -2.09. The number of guanidine groups is 1. The van der Waals surface area contributed by atoms with E-state index in [1.807, 2.05) is 19.9 Å². The highest BCUT2D eigenvalue weighted by Crippen LogP contribution is 2.24. The van der Waals surface area contributed by atoms with Crippen LogP contribution in [0.15, 0.2) is 23.2 Å². The molecule has 108 valence electrons. The number of nitrogens with one attached hydrogen (secondary N) is 2. The average Bonchev–Trinajstić information content (AvgIpc) is 2.83. The first-order valence-corrected chi connectivity index (χ1v) is 7.02. The zero-order valence-corrected chi connectivity index (χ0v) is 12.1. The number of benzene rings is 1. The van der Waals surface area contributed by atoms with E-state index in [2.05, 4.69) is 27.8 Å². The fourth-order valence-corrected chi connectivity index (χ4v) is 2.36. The minimum absolute atomic E-state index is 0.0436. The third kappa shape index (κ3) is 3.98. The lowest BCUT2D eigenvalue weighted by molar-refractivity contribution is -0.120. The van der Waals surface area contributed by atoms with Crippen molar-refractivity contribution in [2.24, 2.45) is 10.7 Å². The van der Waals surface area contributed by atoms with Crippen molar-refractivity contribution >= 4 is 17.6 Å². The number of anilines is 1. The fourth-order valence-electron chi connectivity index (χ4n) is 2.36. The van der Waals surface area contributed by atoms with Gasteiger partial charge in [-0.1, -0.05) is 6.07 Å². The Morgan fingerprint density at radius 2 is 2.10 bits per heavy atom. The number of carbonyl (C=O) groups is 1. The molecule has 0 saturated carbocycles. The molecule has 1 aliphatic carbocycles. The van der Waals surface area contributed by atoms with Gasteiger partial charge in [-0.05, 0) is 56.4 Å². The summed E-state index contributed by atoms with van der Waals surface area (Å²) < 4.78 is 0. The molecule has 0 saturated heterocycles. The Kier molecular flexibility index (Phi) is 4.61. The quantitative estimate of drug-likeness (QED) is 0.574. The SMILES string of the molecule is CC(C)NC(=O)CN=C(N)Nc1ccc2c(c1)CCC2. The summed E-state index contributed by atoms with van der Waals surface area (Å²) in [4.78, 5) is 15.5. The number of fused-ring (bicyclic) bond motifs is 1. The highest BCUT2D eigenvalue weighted by atomic mass is 16.1. The number of nitrogens with two attached hydrogens (primary N) is 1. The monoisotopic (exact) mass is 274 g/mol. The first-order chi connectivity index (χ1) is 9.54. The summed E-state index contributed by atoms with van der Waals surface area (Å²) in [6, 6.07) is 6.35. The number of rotatable bonds is 4. The van der Waals surface area contributed by atoms with Gasteiger partial charge < -0.3 is 16.4 Å². The second kappa shape index (κ2) is 6.41. The molecule has 0 atom stereocenters. The molecule has 1 aliphatic rings. The minimum atomic E-state index is -0.126. The van der Waals surface area contributed by atoms with E-state index in [1.165, 1.54) is 17.5 Å². The number of aryl methyl sites for hydroxylation is 2. The smallest absolute Gasteiger partial charge is 0.242 e. The number of aliphatic imine (C=N–C) groups is 1. The lowest BCUT2D eigenvalue weighted by Crippen LogP contribution is -2.33. The second-order valence-electron chi connectivity index (χ2n) is 5.39. The van der Waals surface area contributed by atoms with Crippen molar-refractivity contribution in [2.75, 3.05) is 11.9 Å². The van der Waals surface area contributed by atoms with E-state index >= 15 is 0 Å². The van der Waals surface area contributed by atoms with Crippen molar-refractivity contribution in [1.82, 2.24) is 5.32 Å². The van der Waals surface area contributed by atoms with Gasteiger partial charge in [0, 0.05) is 11.7 Å². The molecule has 0 aromatic heterocycles. The van der Waals surface area contributed by atoms with Crippen molar-refractivity contribution < 1.29 is 4.79 Å². The molecular weight excluding hydrogens is 252 g/mol. The lowest BCUT2D eigenvalue weighted by atomic mass is 10.1. The van der Waals surface area contributed by atoms with Gasteiger partial charge >= 0.3 is 0 Å². The van der Waals surface area contributed by atoms with E-state index in [4.69, 9.17) is 5.73 Å². The molecule has 1 amide bonds. The van der Waals surface area contributed by atoms with E-state index in [0.29, 0.717) is 0 Å². The van der Waals surface area contributed by atoms with Crippen LogP contribution in [-0.2, 0) is 17.6 Å². The van der Waals surface area contributed by atoms with Gasteiger partial charge in [-0.25, -0.2) is 4.99 Å². The maximum absolute atomic E-state index is 11.5. The topological polar surface area (TPSA) is 79.5 Å². The van der Waals surface area contributed by atoms with Crippen LogP contribution in [0.25, 0.3) is 0 Å². The molecule has 0 bridgehead atoms. The third-order valence-electron chi connectivity index (χ3n) is 3.21. The maximum Gasteiger partial charge on any atom is 0.242 e. The van der Waals surface area contributed by atoms with Crippen LogP contribution in [0.1, 0.15) is 31.4 Å². The van der Waals surface area contributed by atoms with Crippen molar-refractivity contribution in [2.45, 2.75) is 39.2 Å². The Morgan fingerprint density at radius 1 is 1.35 bits per heavy atom. The standard InChI is InChI=1S/C15H22N4O/c1-10(2)18-14(20)9-17-15(16)19-13-7-6-11-4-3-5-12(11)8-13/h6-8,10H,3-5,9H2,1-2H3,(H,18,20)(H3,16,17,19). The largest absolute Gasteiger partial charge is 0.370 e. The molecular formula is C15H22N4O. The van der Waals surface area contributed by atoms with Gasteiger partial charge in [-0.15, -0.1) is 0 Å². The number of hydrogen-bond donors (Lipinski definition) is 3. The minimum Gasteiger partial charge on any atom is -0.370 e. The van der Waals surface area contributed by atoms with E-state index in [0.717, 1.165) is 18.5 Å². The Bertz CT molecular complexity index is 523. The molecule has 5 heteroatoms. The summed E-state index contributed by atoms with van der Waals surface area (Å²) >= 11 is 0. The number of nitrogens with zero attached hydrogens (tertiary/aromatic N) is 1. The highest BCUT2D eigenvalue weighted by Gasteiger charge is 2.11. The molecule has 1 aromatic rings. The molecule has 0 spiro atoms. The Hall–Kier alpha value is -2.04. The molecule has 20 heavy (non-hydrogen) atoms. The first-order valence-electron chi connectivity index (χ1n) is 7.02. The zero-order valence-electron chi connectivity index (χ0n) is 12.1. The second-order valence-corrected chi connectivity index (χ2v) is 5.39. The summed E-state index contributed by atoms with van der Waals surface area (Å²) in [5.41, 5.74) is 9.51. The number of amides is 1. The van der Waals surface area contributed by atoms with Crippen LogP contribution in [-0.4, -0.2) is 24.5 Å². The van der Waals surface area contributed by atoms with Gasteiger partial charge in [-0.3, -0.25) is 4.79 Å².